The predicted molar refractivity (Wildman–Crippen MR) is 96.3 cm³/mol. The van der Waals surface area contributed by atoms with E-state index in [2.05, 4.69) is 58.7 Å². The number of aryl methyl sites for hydroxylation is 3. The molecule has 0 N–H and O–H groups in total. The molecule has 0 atom stereocenters. The van der Waals surface area contributed by atoms with Gasteiger partial charge in [-0.15, -0.1) is 5.10 Å². The molecule has 4 aromatic rings. The lowest BCUT2D eigenvalue weighted by molar-refractivity contribution is 1.02. The van der Waals surface area contributed by atoms with Gasteiger partial charge >= 0.3 is 0 Å². The first-order chi connectivity index (χ1) is 11.6. The predicted octanol–water partition coefficient (Wildman–Crippen LogP) is 4.41. The highest BCUT2D eigenvalue weighted by molar-refractivity contribution is 5.91. The molecule has 118 valence electrons. The summed E-state index contributed by atoms with van der Waals surface area (Å²) in [5, 5.41) is 9.44. The molecular weight excluding hydrogens is 296 g/mol. The van der Waals surface area contributed by atoms with Crippen molar-refractivity contribution in [3.63, 3.8) is 0 Å². The molecule has 0 bridgehead atoms. The zero-order valence-corrected chi connectivity index (χ0v) is 14.0. The summed E-state index contributed by atoms with van der Waals surface area (Å²) in [5.41, 5.74) is 6.77. The Labute approximate surface area is 140 Å². The van der Waals surface area contributed by atoms with Gasteiger partial charge in [-0.05, 0) is 44.0 Å². The van der Waals surface area contributed by atoms with Crippen LogP contribution in [0.3, 0.4) is 0 Å². The third-order valence-electron chi connectivity index (χ3n) is 4.30. The highest BCUT2D eigenvalue weighted by Crippen LogP contribution is 2.30. The summed E-state index contributed by atoms with van der Waals surface area (Å²) < 4.78 is 2.15. The molecule has 2 heterocycles. The molecule has 4 rings (SSSR count). The van der Waals surface area contributed by atoms with Crippen molar-refractivity contribution in [1.82, 2.24) is 19.7 Å². The van der Waals surface area contributed by atoms with Crippen molar-refractivity contribution in [3.05, 3.63) is 71.7 Å². The Balaban J connectivity index is 1.99. The first-order valence-corrected chi connectivity index (χ1v) is 7.97. The smallest absolute Gasteiger partial charge is 0.146 e. The van der Waals surface area contributed by atoms with E-state index in [9.17, 15) is 0 Å². The van der Waals surface area contributed by atoms with Crippen molar-refractivity contribution in [3.8, 4) is 17.1 Å². The quantitative estimate of drug-likeness (QED) is 0.550. The fraction of sp³-hybridized carbons (Fsp3) is 0.150. The van der Waals surface area contributed by atoms with Gasteiger partial charge in [-0.25, -0.2) is 4.98 Å². The van der Waals surface area contributed by atoms with Crippen LogP contribution in [0.5, 0.6) is 0 Å². The van der Waals surface area contributed by atoms with Gasteiger partial charge in [0.25, 0.3) is 0 Å². The molecule has 24 heavy (non-hydrogen) atoms. The average Bonchev–Trinajstić information content (AvgIpc) is 3.02. The molecule has 0 amide bonds. The van der Waals surface area contributed by atoms with Crippen LogP contribution in [-0.4, -0.2) is 19.7 Å². The van der Waals surface area contributed by atoms with Crippen LogP contribution in [-0.2, 0) is 0 Å². The van der Waals surface area contributed by atoms with Crippen molar-refractivity contribution in [1.29, 1.82) is 0 Å². The SMILES string of the molecule is Cc1cc(C)c(-n2ccnc2-c2cccc3ccnnc23)c(C)c1. The maximum atomic E-state index is 4.61. The monoisotopic (exact) mass is 314 g/mol. The van der Waals surface area contributed by atoms with Crippen LogP contribution in [0.15, 0.2) is 55.0 Å². The Kier molecular flexibility index (Phi) is 3.38. The van der Waals surface area contributed by atoms with Crippen LogP contribution in [0.1, 0.15) is 16.7 Å². The van der Waals surface area contributed by atoms with Crippen molar-refractivity contribution in [2.45, 2.75) is 20.8 Å². The summed E-state index contributed by atoms with van der Waals surface area (Å²) in [5.74, 6) is 0.885. The summed E-state index contributed by atoms with van der Waals surface area (Å²) in [6.45, 7) is 6.41. The summed E-state index contributed by atoms with van der Waals surface area (Å²) in [6.07, 6.45) is 5.56. The molecule has 0 spiro atoms. The molecule has 0 aliphatic rings. The second-order valence-corrected chi connectivity index (χ2v) is 6.14. The average molecular weight is 314 g/mol. The molecule has 0 saturated heterocycles. The largest absolute Gasteiger partial charge is 0.299 e. The number of imidazole rings is 1. The number of benzene rings is 2. The van der Waals surface area contributed by atoms with Gasteiger partial charge < -0.3 is 0 Å². The molecular formula is C20H18N4. The van der Waals surface area contributed by atoms with E-state index in [1.165, 1.54) is 22.4 Å². The van der Waals surface area contributed by atoms with E-state index in [4.69, 9.17) is 0 Å². The summed E-state index contributed by atoms with van der Waals surface area (Å²) in [6, 6.07) is 12.5. The molecule has 4 nitrogen and oxygen atoms in total. The van der Waals surface area contributed by atoms with Gasteiger partial charge in [0.1, 0.15) is 11.3 Å². The Morgan fingerprint density at radius 2 is 1.71 bits per heavy atom. The van der Waals surface area contributed by atoms with Gasteiger partial charge in [0.15, 0.2) is 0 Å². The van der Waals surface area contributed by atoms with Crippen LogP contribution in [0, 0.1) is 20.8 Å². The number of fused-ring (bicyclic) bond motifs is 1. The molecule has 0 aliphatic heterocycles. The number of hydrogen-bond acceptors (Lipinski definition) is 3. The van der Waals surface area contributed by atoms with Crippen LogP contribution in [0.4, 0.5) is 0 Å². The van der Waals surface area contributed by atoms with Crippen LogP contribution in [0.25, 0.3) is 28.0 Å². The molecule has 0 aliphatic carbocycles. The molecule has 0 radical (unpaired) electrons. The topological polar surface area (TPSA) is 43.6 Å². The Hall–Kier alpha value is -3.01. The van der Waals surface area contributed by atoms with E-state index in [1.54, 1.807) is 6.20 Å². The number of rotatable bonds is 2. The lowest BCUT2D eigenvalue weighted by Crippen LogP contribution is -2.03. The second kappa shape index (κ2) is 5.57. The lowest BCUT2D eigenvalue weighted by atomic mass is 10.0. The molecule has 2 aromatic heterocycles. The molecule has 2 aromatic carbocycles. The summed E-state index contributed by atoms with van der Waals surface area (Å²) in [7, 11) is 0. The molecule has 0 fully saturated rings. The van der Waals surface area contributed by atoms with Gasteiger partial charge in [-0.3, -0.25) is 4.57 Å². The summed E-state index contributed by atoms with van der Waals surface area (Å²) in [4.78, 5) is 4.61. The highest BCUT2D eigenvalue weighted by Gasteiger charge is 2.15. The van der Waals surface area contributed by atoms with E-state index >= 15 is 0 Å². The van der Waals surface area contributed by atoms with Gasteiger partial charge in [0.05, 0.1) is 11.9 Å². The van der Waals surface area contributed by atoms with E-state index in [-0.39, 0.29) is 0 Å². The molecule has 0 saturated carbocycles. The highest BCUT2D eigenvalue weighted by atomic mass is 15.1. The fourth-order valence-corrected chi connectivity index (χ4v) is 3.43. The first kappa shape index (κ1) is 14.6. The lowest BCUT2D eigenvalue weighted by Gasteiger charge is -2.15. The van der Waals surface area contributed by atoms with Gasteiger partial charge in [0, 0.05) is 23.3 Å². The number of aromatic nitrogens is 4. The Bertz CT molecular complexity index is 1020. The van der Waals surface area contributed by atoms with Crippen molar-refractivity contribution in [2.24, 2.45) is 0 Å². The Morgan fingerprint density at radius 3 is 2.50 bits per heavy atom. The van der Waals surface area contributed by atoms with Crippen LogP contribution < -0.4 is 0 Å². The summed E-state index contributed by atoms with van der Waals surface area (Å²) >= 11 is 0. The fourth-order valence-electron chi connectivity index (χ4n) is 3.43. The van der Waals surface area contributed by atoms with E-state index in [1.807, 2.05) is 30.6 Å². The number of hydrogen-bond donors (Lipinski definition) is 0. The van der Waals surface area contributed by atoms with Crippen molar-refractivity contribution >= 4 is 10.9 Å². The minimum Gasteiger partial charge on any atom is -0.299 e. The zero-order chi connectivity index (χ0) is 16.7. The van der Waals surface area contributed by atoms with Crippen LogP contribution >= 0.6 is 0 Å². The minimum atomic E-state index is 0.870. The first-order valence-electron chi connectivity index (χ1n) is 7.97. The normalized spacial score (nSPS) is 11.1. The maximum absolute atomic E-state index is 4.61. The van der Waals surface area contributed by atoms with Gasteiger partial charge in [-0.2, -0.15) is 5.10 Å². The third-order valence-corrected chi connectivity index (χ3v) is 4.30. The molecule has 0 unspecified atom stereocenters. The van der Waals surface area contributed by atoms with Crippen LogP contribution in [0.2, 0.25) is 0 Å². The second-order valence-electron chi connectivity index (χ2n) is 6.14. The maximum Gasteiger partial charge on any atom is 0.146 e. The minimum absolute atomic E-state index is 0.870. The standard InChI is InChI=1S/C20H18N4/c1-13-11-14(2)19(15(3)12-13)24-10-9-21-20(24)17-6-4-5-16-7-8-22-23-18(16)17/h4-12H,1-3H3. The third kappa shape index (κ3) is 2.27. The van der Waals surface area contributed by atoms with Crippen molar-refractivity contribution in [2.75, 3.05) is 0 Å². The van der Waals surface area contributed by atoms with Crippen molar-refractivity contribution < 1.29 is 0 Å². The number of nitrogens with zero attached hydrogens (tertiary/aromatic N) is 4. The van der Waals surface area contributed by atoms with E-state index in [0.717, 1.165) is 22.3 Å². The van der Waals surface area contributed by atoms with E-state index < -0.39 is 0 Å². The van der Waals surface area contributed by atoms with Gasteiger partial charge in [0.2, 0.25) is 0 Å². The molecule has 4 heteroatoms. The Morgan fingerprint density at radius 1 is 0.917 bits per heavy atom. The zero-order valence-electron chi connectivity index (χ0n) is 14.0. The van der Waals surface area contributed by atoms with E-state index in [0.29, 0.717) is 0 Å². The van der Waals surface area contributed by atoms with Gasteiger partial charge in [-0.1, -0.05) is 29.8 Å².